The van der Waals surface area contributed by atoms with Gasteiger partial charge in [-0.1, -0.05) is 25.5 Å². The molecule has 4 aliphatic carbocycles. The average Bonchev–Trinajstić information content (AvgIpc) is 3.57. The molecule has 0 amide bonds. The van der Waals surface area contributed by atoms with E-state index >= 15 is 0 Å². The third-order valence-electron chi connectivity index (χ3n) is 9.96. The minimum atomic E-state index is -0.626. The molecule has 7 heteroatoms. The number of esters is 2. The van der Waals surface area contributed by atoms with Crippen molar-refractivity contribution in [3.05, 3.63) is 35.8 Å². The van der Waals surface area contributed by atoms with E-state index < -0.39 is 17.6 Å². The molecule has 5 aliphatic rings. The summed E-state index contributed by atoms with van der Waals surface area (Å²) in [4.78, 5) is 24.5. The summed E-state index contributed by atoms with van der Waals surface area (Å²) < 4.78 is 23.6. The Morgan fingerprint density at radius 2 is 2.06 bits per heavy atom. The molecule has 0 radical (unpaired) electrons. The largest absolute Gasteiger partial charge is 0.472 e. The van der Waals surface area contributed by atoms with Crippen molar-refractivity contribution in [2.45, 2.75) is 83.2 Å². The maximum Gasteiger partial charge on any atom is 0.305 e. The zero-order chi connectivity index (χ0) is 24.5. The van der Waals surface area contributed by atoms with Gasteiger partial charge in [0.15, 0.2) is 0 Å². The van der Waals surface area contributed by atoms with Gasteiger partial charge in [0.2, 0.25) is 0 Å². The smallest absolute Gasteiger partial charge is 0.305 e. The Hall–Kier alpha value is -2.12. The Labute approximate surface area is 206 Å². The normalized spacial score (nSPS) is 45.7. The van der Waals surface area contributed by atoms with E-state index in [1.807, 2.05) is 6.26 Å². The second kappa shape index (κ2) is 8.48. The first-order chi connectivity index (χ1) is 16.8. The molecule has 1 aliphatic heterocycles. The molecule has 0 spiro atoms. The summed E-state index contributed by atoms with van der Waals surface area (Å²) in [6, 6.07) is 2.06. The molecule has 0 aromatic carbocycles. The van der Waals surface area contributed by atoms with Crippen LogP contribution in [-0.2, 0) is 23.8 Å². The lowest BCUT2D eigenvalue weighted by atomic mass is 9.47. The van der Waals surface area contributed by atoms with E-state index in [-0.39, 0.29) is 47.8 Å². The summed E-state index contributed by atoms with van der Waals surface area (Å²) >= 11 is 0. The average molecular weight is 485 g/mol. The summed E-state index contributed by atoms with van der Waals surface area (Å²) in [7, 11) is 0. The number of ether oxygens (including phenoxy) is 3. The first-order valence-electron chi connectivity index (χ1n) is 13.2. The molecule has 1 saturated heterocycles. The molecule has 7 nitrogen and oxygen atoms in total. The predicted molar refractivity (Wildman–Crippen MR) is 125 cm³/mol. The number of hydrogen-bond donors (Lipinski definition) is 1. The lowest BCUT2D eigenvalue weighted by molar-refractivity contribution is -0.206. The SMILES string of the molecule is CCC(=O)OC1CC(OC(C)=O)C2C3CCC4C(=CCC4c4ccoc4)C3C(O)C3OCC1(C)C32. The quantitative estimate of drug-likeness (QED) is 0.510. The summed E-state index contributed by atoms with van der Waals surface area (Å²) in [5, 5.41) is 11.8. The number of allylic oxidation sites excluding steroid dienone is 1. The van der Waals surface area contributed by atoms with E-state index in [2.05, 4.69) is 19.1 Å². The molecular formula is C28H36O7. The highest BCUT2D eigenvalue weighted by Crippen LogP contribution is 2.65. The van der Waals surface area contributed by atoms with Gasteiger partial charge in [-0.3, -0.25) is 9.59 Å². The van der Waals surface area contributed by atoms with Gasteiger partial charge in [-0.2, -0.15) is 0 Å². The van der Waals surface area contributed by atoms with Crippen molar-refractivity contribution in [2.24, 2.45) is 35.0 Å². The molecule has 0 bridgehead atoms. The lowest BCUT2D eigenvalue weighted by Gasteiger charge is -2.59. The molecule has 1 N–H and O–H groups in total. The van der Waals surface area contributed by atoms with Crippen molar-refractivity contribution in [2.75, 3.05) is 6.61 Å². The van der Waals surface area contributed by atoms with Crippen LogP contribution in [0.4, 0.5) is 0 Å². The Balaban J connectivity index is 1.36. The van der Waals surface area contributed by atoms with Crippen LogP contribution in [0.5, 0.6) is 0 Å². The summed E-state index contributed by atoms with van der Waals surface area (Å²) in [5.41, 5.74) is 2.16. The second-order valence-corrected chi connectivity index (χ2v) is 11.6. The fraction of sp³-hybridized carbons (Fsp3) is 0.714. The van der Waals surface area contributed by atoms with Gasteiger partial charge in [-0.05, 0) is 48.6 Å². The van der Waals surface area contributed by atoms with Gasteiger partial charge in [-0.25, -0.2) is 0 Å². The topological polar surface area (TPSA) is 95.2 Å². The monoisotopic (exact) mass is 484 g/mol. The predicted octanol–water partition coefficient (Wildman–Crippen LogP) is 4.00. The van der Waals surface area contributed by atoms with Crippen LogP contribution in [0.15, 0.2) is 34.7 Å². The van der Waals surface area contributed by atoms with Crippen LogP contribution in [0.2, 0.25) is 0 Å². The van der Waals surface area contributed by atoms with Gasteiger partial charge in [0.05, 0.1) is 31.3 Å². The summed E-state index contributed by atoms with van der Waals surface area (Å²) in [5.74, 6) is 0.435. The number of carbonyl (C=O) groups is 2. The van der Waals surface area contributed by atoms with Crippen LogP contribution in [0, 0.1) is 35.0 Å². The Bertz CT molecular complexity index is 1010. The van der Waals surface area contributed by atoms with Gasteiger partial charge in [0.1, 0.15) is 12.2 Å². The molecule has 11 unspecified atom stereocenters. The van der Waals surface area contributed by atoms with Crippen LogP contribution in [0.1, 0.15) is 64.4 Å². The van der Waals surface area contributed by atoms with Crippen LogP contribution < -0.4 is 0 Å². The summed E-state index contributed by atoms with van der Waals surface area (Å²) in [6.07, 6.45) is 7.93. The zero-order valence-electron chi connectivity index (χ0n) is 20.7. The molecule has 3 saturated carbocycles. The maximum absolute atomic E-state index is 12.3. The van der Waals surface area contributed by atoms with Crippen molar-refractivity contribution >= 4 is 11.9 Å². The number of hydrogen-bond acceptors (Lipinski definition) is 7. The first-order valence-corrected chi connectivity index (χ1v) is 13.2. The van der Waals surface area contributed by atoms with E-state index in [1.54, 1.807) is 13.2 Å². The molecule has 1 aromatic heterocycles. The number of carbonyl (C=O) groups excluding carboxylic acids is 2. The van der Waals surface area contributed by atoms with Crippen molar-refractivity contribution < 1.29 is 33.3 Å². The van der Waals surface area contributed by atoms with E-state index in [0.29, 0.717) is 31.3 Å². The van der Waals surface area contributed by atoms with Crippen LogP contribution in [-0.4, -0.2) is 48.1 Å². The molecule has 35 heavy (non-hydrogen) atoms. The minimum absolute atomic E-state index is 0.00736. The molecule has 4 fully saturated rings. The molecular weight excluding hydrogens is 448 g/mol. The highest BCUT2D eigenvalue weighted by molar-refractivity contribution is 5.69. The van der Waals surface area contributed by atoms with Crippen LogP contribution >= 0.6 is 0 Å². The van der Waals surface area contributed by atoms with Crippen molar-refractivity contribution in [1.82, 2.24) is 0 Å². The van der Waals surface area contributed by atoms with Crippen molar-refractivity contribution in [3.63, 3.8) is 0 Å². The number of fused-ring (bicyclic) bond motifs is 4. The van der Waals surface area contributed by atoms with Gasteiger partial charge in [-0.15, -0.1) is 0 Å². The van der Waals surface area contributed by atoms with Crippen LogP contribution in [0.25, 0.3) is 0 Å². The molecule has 6 rings (SSSR count). The van der Waals surface area contributed by atoms with Crippen molar-refractivity contribution in [1.29, 1.82) is 0 Å². The number of aliphatic hydroxyl groups excluding tert-OH is 1. The lowest BCUT2D eigenvalue weighted by Crippen LogP contribution is -2.64. The van der Waals surface area contributed by atoms with E-state index in [0.717, 1.165) is 19.3 Å². The Morgan fingerprint density at radius 3 is 2.77 bits per heavy atom. The van der Waals surface area contributed by atoms with E-state index in [1.165, 1.54) is 18.1 Å². The second-order valence-electron chi connectivity index (χ2n) is 11.6. The first kappa shape index (κ1) is 23.3. The summed E-state index contributed by atoms with van der Waals surface area (Å²) in [6.45, 7) is 5.80. The third-order valence-corrected chi connectivity index (χ3v) is 9.96. The molecule has 2 heterocycles. The molecule has 11 atom stereocenters. The number of furan rings is 1. The van der Waals surface area contributed by atoms with Crippen LogP contribution in [0.3, 0.4) is 0 Å². The fourth-order valence-corrected chi connectivity index (χ4v) is 8.61. The number of rotatable bonds is 4. The highest BCUT2D eigenvalue weighted by Gasteiger charge is 2.69. The van der Waals surface area contributed by atoms with Gasteiger partial charge in [0, 0.05) is 42.9 Å². The van der Waals surface area contributed by atoms with Crippen molar-refractivity contribution in [3.8, 4) is 0 Å². The molecule has 190 valence electrons. The number of aliphatic hydroxyl groups is 1. The standard InChI is InChI=1S/C28H36O7/c1-4-22(30)35-21-11-20(34-14(2)29)24-19-8-6-17-16(15-9-10-32-12-15)5-7-18(17)23(19)26(31)27-25(24)28(21,3)13-33-27/h7,9-10,12,16-17,19-21,23-27,31H,4-6,8,11,13H2,1-3H3. The fourth-order valence-electron chi connectivity index (χ4n) is 8.61. The Morgan fingerprint density at radius 1 is 1.23 bits per heavy atom. The Kier molecular flexibility index (Phi) is 5.64. The minimum Gasteiger partial charge on any atom is -0.472 e. The molecule has 1 aromatic rings. The van der Waals surface area contributed by atoms with E-state index in [4.69, 9.17) is 18.6 Å². The zero-order valence-corrected chi connectivity index (χ0v) is 20.7. The van der Waals surface area contributed by atoms with E-state index in [9.17, 15) is 14.7 Å². The maximum atomic E-state index is 12.3. The van der Waals surface area contributed by atoms with Gasteiger partial charge in [0.25, 0.3) is 0 Å². The highest BCUT2D eigenvalue weighted by atomic mass is 16.6. The third kappa shape index (κ3) is 3.45. The van der Waals surface area contributed by atoms with Gasteiger partial charge >= 0.3 is 11.9 Å². The van der Waals surface area contributed by atoms with Gasteiger partial charge < -0.3 is 23.7 Å².